The summed E-state index contributed by atoms with van der Waals surface area (Å²) in [6.07, 6.45) is 0. The fraction of sp³-hybridized carbons (Fsp3) is 0.0500. The van der Waals surface area contributed by atoms with Crippen molar-refractivity contribution < 1.29 is 14.3 Å². The number of anilines is 3. The highest BCUT2D eigenvalue weighted by Crippen LogP contribution is 2.16. The first kappa shape index (κ1) is 18.5. The van der Waals surface area contributed by atoms with E-state index in [9.17, 15) is 9.59 Å². The van der Waals surface area contributed by atoms with Crippen molar-refractivity contribution in [1.29, 1.82) is 5.26 Å². The highest BCUT2D eigenvalue weighted by molar-refractivity contribution is 6.03. The second-order valence-corrected chi connectivity index (χ2v) is 5.64. The third-order valence-corrected chi connectivity index (χ3v) is 3.73. The molecule has 0 bridgehead atoms. The highest BCUT2D eigenvalue weighted by Gasteiger charge is 2.11. The van der Waals surface area contributed by atoms with Crippen molar-refractivity contribution in [1.82, 2.24) is 10.2 Å². The van der Waals surface area contributed by atoms with E-state index in [2.05, 4.69) is 25.6 Å². The molecule has 1 aromatic heterocycles. The maximum Gasteiger partial charge on any atom is 0.337 e. The van der Waals surface area contributed by atoms with Crippen LogP contribution in [0.2, 0.25) is 0 Å². The van der Waals surface area contributed by atoms with Crippen molar-refractivity contribution in [3.63, 3.8) is 0 Å². The normalized spacial score (nSPS) is 9.86. The van der Waals surface area contributed by atoms with Crippen molar-refractivity contribution in [2.75, 3.05) is 17.7 Å². The number of rotatable bonds is 5. The number of amides is 1. The molecule has 3 aromatic rings. The zero-order valence-electron chi connectivity index (χ0n) is 14.8. The molecular weight excluding hydrogens is 358 g/mol. The molecular formula is C20H15N5O3. The van der Waals surface area contributed by atoms with Crippen LogP contribution >= 0.6 is 0 Å². The van der Waals surface area contributed by atoms with Crippen LogP contribution in [0.5, 0.6) is 0 Å². The van der Waals surface area contributed by atoms with E-state index >= 15 is 0 Å². The lowest BCUT2D eigenvalue weighted by Crippen LogP contribution is -2.15. The number of hydrogen-bond acceptors (Lipinski definition) is 7. The third kappa shape index (κ3) is 4.47. The first-order valence-electron chi connectivity index (χ1n) is 8.19. The second kappa shape index (κ2) is 8.42. The van der Waals surface area contributed by atoms with Crippen LogP contribution < -0.4 is 10.6 Å². The van der Waals surface area contributed by atoms with Gasteiger partial charge in [-0.2, -0.15) is 5.26 Å². The van der Waals surface area contributed by atoms with E-state index in [0.717, 1.165) is 5.69 Å². The smallest absolute Gasteiger partial charge is 0.337 e. The molecule has 8 heteroatoms. The van der Waals surface area contributed by atoms with E-state index in [1.165, 1.54) is 19.2 Å². The zero-order chi connectivity index (χ0) is 19.9. The first-order chi connectivity index (χ1) is 13.6. The molecule has 8 nitrogen and oxygen atoms in total. The van der Waals surface area contributed by atoms with Gasteiger partial charge in [0.05, 0.1) is 24.3 Å². The summed E-state index contributed by atoms with van der Waals surface area (Å²) in [4.78, 5) is 23.9. The van der Waals surface area contributed by atoms with Crippen LogP contribution in [0.15, 0.2) is 60.7 Å². The van der Waals surface area contributed by atoms with Gasteiger partial charge < -0.3 is 15.4 Å². The molecule has 0 saturated carbocycles. The number of nitrogens with one attached hydrogen (secondary N) is 2. The number of aromatic nitrogens is 2. The fourth-order valence-electron chi connectivity index (χ4n) is 2.33. The number of hydrogen-bond donors (Lipinski definition) is 2. The Balaban J connectivity index is 1.66. The Morgan fingerprint density at radius 1 is 1.00 bits per heavy atom. The van der Waals surface area contributed by atoms with Crippen molar-refractivity contribution >= 4 is 29.1 Å². The lowest BCUT2D eigenvalue weighted by Gasteiger charge is -2.07. The van der Waals surface area contributed by atoms with Crippen LogP contribution in [0.25, 0.3) is 0 Å². The summed E-state index contributed by atoms with van der Waals surface area (Å²) in [5.74, 6) is -0.498. The Morgan fingerprint density at radius 2 is 1.79 bits per heavy atom. The van der Waals surface area contributed by atoms with Gasteiger partial charge in [0.2, 0.25) is 0 Å². The van der Waals surface area contributed by atoms with Crippen LogP contribution in [-0.4, -0.2) is 29.2 Å². The van der Waals surface area contributed by atoms with E-state index in [1.54, 1.807) is 48.5 Å². The Hall–Kier alpha value is -4.25. The molecule has 0 atom stereocenters. The minimum Gasteiger partial charge on any atom is -0.465 e. The van der Waals surface area contributed by atoms with Crippen LogP contribution in [0, 0.1) is 11.3 Å². The monoisotopic (exact) mass is 373 g/mol. The summed E-state index contributed by atoms with van der Waals surface area (Å²) < 4.78 is 4.66. The molecule has 138 valence electrons. The standard InChI is InChI=1S/C20H15N5O3/c1-28-20(27)14-3-2-4-16(11-14)23-19(26)17-9-10-18(25-24-17)22-15-7-5-13(12-21)6-8-15/h2-11H,1H3,(H,22,25)(H,23,26). The van der Waals surface area contributed by atoms with Gasteiger partial charge in [-0.3, -0.25) is 4.79 Å². The average molecular weight is 373 g/mol. The Morgan fingerprint density at radius 3 is 2.43 bits per heavy atom. The zero-order valence-corrected chi connectivity index (χ0v) is 14.8. The number of nitrogens with zero attached hydrogens (tertiary/aromatic N) is 3. The first-order valence-corrected chi connectivity index (χ1v) is 8.19. The van der Waals surface area contributed by atoms with Crippen LogP contribution in [-0.2, 0) is 4.74 Å². The van der Waals surface area contributed by atoms with Gasteiger partial charge >= 0.3 is 5.97 Å². The van der Waals surface area contributed by atoms with Gasteiger partial charge in [-0.25, -0.2) is 4.79 Å². The largest absolute Gasteiger partial charge is 0.465 e. The van der Waals surface area contributed by atoms with Crippen molar-refractivity contribution in [2.24, 2.45) is 0 Å². The van der Waals surface area contributed by atoms with Crippen LogP contribution in [0.1, 0.15) is 26.4 Å². The van der Waals surface area contributed by atoms with E-state index in [-0.39, 0.29) is 5.69 Å². The number of nitriles is 1. The third-order valence-electron chi connectivity index (χ3n) is 3.73. The number of benzene rings is 2. The van der Waals surface area contributed by atoms with E-state index < -0.39 is 11.9 Å². The van der Waals surface area contributed by atoms with Gasteiger partial charge in [-0.15, -0.1) is 10.2 Å². The SMILES string of the molecule is COC(=O)c1cccc(NC(=O)c2ccc(Nc3ccc(C#N)cc3)nn2)c1. The molecule has 0 aliphatic carbocycles. The number of carbonyl (C=O) groups excluding carboxylic acids is 2. The summed E-state index contributed by atoms with van der Waals surface area (Å²) in [7, 11) is 1.29. The summed E-state index contributed by atoms with van der Waals surface area (Å²) in [5.41, 5.74) is 2.18. The summed E-state index contributed by atoms with van der Waals surface area (Å²) >= 11 is 0. The molecule has 0 unspecified atom stereocenters. The summed E-state index contributed by atoms with van der Waals surface area (Å²) in [6, 6.07) is 18.4. The van der Waals surface area contributed by atoms with Crippen molar-refractivity contribution in [3.05, 3.63) is 77.5 Å². The van der Waals surface area contributed by atoms with E-state index in [0.29, 0.717) is 22.6 Å². The molecule has 2 N–H and O–H groups in total. The topological polar surface area (TPSA) is 117 Å². The molecule has 0 radical (unpaired) electrons. The highest BCUT2D eigenvalue weighted by atomic mass is 16.5. The molecule has 3 rings (SSSR count). The van der Waals surface area contributed by atoms with Gasteiger partial charge in [-0.05, 0) is 54.6 Å². The van der Waals surface area contributed by atoms with Gasteiger partial charge in [0.1, 0.15) is 0 Å². The molecule has 0 saturated heterocycles. The summed E-state index contributed by atoms with van der Waals surface area (Å²) in [5, 5.41) is 22.4. The quantitative estimate of drug-likeness (QED) is 0.660. The molecule has 2 aromatic carbocycles. The molecule has 0 fully saturated rings. The molecule has 1 amide bonds. The predicted molar refractivity (Wildman–Crippen MR) is 102 cm³/mol. The second-order valence-electron chi connectivity index (χ2n) is 5.64. The number of methoxy groups -OCH3 is 1. The average Bonchev–Trinajstić information content (AvgIpc) is 2.74. The Bertz CT molecular complexity index is 1040. The fourth-order valence-corrected chi connectivity index (χ4v) is 2.33. The molecule has 0 spiro atoms. The molecule has 1 heterocycles. The minimum atomic E-state index is -0.492. The van der Waals surface area contributed by atoms with Crippen molar-refractivity contribution in [2.45, 2.75) is 0 Å². The minimum absolute atomic E-state index is 0.119. The van der Waals surface area contributed by atoms with Crippen LogP contribution in [0.3, 0.4) is 0 Å². The van der Waals surface area contributed by atoms with Gasteiger partial charge in [0, 0.05) is 11.4 Å². The number of carbonyl (C=O) groups is 2. The van der Waals surface area contributed by atoms with Crippen LogP contribution in [0.4, 0.5) is 17.2 Å². The van der Waals surface area contributed by atoms with E-state index in [4.69, 9.17) is 5.26 Å². The van der Waals surface area contributed by atoms with E-state index in [1.807, 2.05) is 6.07 Å². The Labute approximate surface area is 160 Å². The maximum absolute atomic E-state index is 12.3. The van der Waals surface area contributed by atoms with Crippen molar-refractivity contribution in [3.8, 4) is 6.07 Å². The lowest BCUT2D eigenvalue weighted by atomic mass is 10.2. The molecule has 28 heavy (non-hydrogen) atoms. The predicted octanol–water partition coefficient (Wildman–Crippen LogP) is 3.13. The van der Waals surface area contributed by atoms with Gasteiger partial charge in [0.15, 0.2) is 11.5 Å². The molecule has 0 aliphatic rings. The maximum atomic E-state index is 12.3. The summed E-state index contributed by atoms with van der Waals surface area (Å²) in [6.45, 7) is 0. The number of ether oxygens (including phenoxy) is 1. The van der Waals surface area contributed by atoms with Gasteiger partial charge in [-0.1, -0.05) is 6.07 Å². The Kier molecular flexibility index (Phi) is 5.58. The lowest BCUT2D eigenvalue weighted by molar-refractivity contribution is 0.0600. The number of esters is 1. The molecule has 0 aliphatic heterocycles. The van der Waals surface area contributed by atoms with Gasteiger partial charge in [0.25, 0.3) is 5.91 Å².